The van der Waals surface area contributed by atoms with Gasteiger partial charge in [-0.25, -0.2) is 17.9 Å². The highest BCUT2D eigenvalue weighted by Gasteiger charge is 2.21. The smallest absolute Gasteiger partial charge is 0.354 e. The van der Waals surface area contributed by atoms with Crippen molar-refractivity contribution in [3.05, 3.63) is 47.3 Å². The van der Waals surface area contributed by atoms with Crippen LogP contribution in [0, 0.1) is 13.8 Å². The average Bonchev–Trinajstić information content (AvgIpc) is 3.01. The van der Waals surface area contributed by atoms with Gasteiger partial charge in [0.25, 0.3) is 0 Å². The van der Waals surface area contributed by atoms with Crippen LogP contribution in [0.15, 0.2) is 35.4 Å². The number of hydrogen-bond donors (Lipinski definition) is 2. The van der Waals surface area contributed by atoms with Crippen LogP contribution in [0.2, 0.25) is 0 Å². The van der Waals surface area contributed by atoms with Crippen molar-refractivity contribution in [2.45, 2.75) is 32.1 Å². The number of carbonyl (C=O) groups is 2. The zero-order valence-corrected chi connectivity index (χ0v) is 17.2. The minimum absolute atomic E-state index is 0.0232. The molecule has 0 aliphatic carbocycles. The number of ether oxygens (including phenoxy) is 1. The normalized spacial score (nSPS) is 11.3. The van der Waals surface area contributed by atoms with Gasteiger partial charge in [0.05, 0.1) is 6.61 Å². The highest BCUT2D eigenvalue weighted by molar-refractivity contribution is 7.89. The molecule has 0 aliphatic heterocycles. The Balaban J connectivity index is 1.97. The second-order valence-corrected chi connectivity index (χ2v) is 8.12. The quantitative estimate of drug-likeness (QED) is 0.652. The number of aromatic nitrogens is 1. The van der Waals surface area contributed by atoms with E-state index in [1.807, 2.05) is 32.0 Å². The number of carbonyl (C=O) groups excluding carboxylic acids is 2. The van der Waals surface area contributed by atoms with Crippen LogP contribution in [0.4, 0.5) is 5.69 Å². The molecule has 0 atom stereocenters. The van der Waals surface area contributed by atoms with E-state index < -0.39 is 16.0 Å². The Hall–Kier alpha value is -2.65. The van der Waals surface area contributed by atoms with Crippen LogP contribution in [0.5, 0.6) is 0 Å². The molecule has 2 aromatic rings. The molecule has 1 heterocycles. The number of rotatable bonds is 8. The predicted octanol–water partition coefficient (Wildman–Crippen LogP) is 2.13. The van der Waals surface area contributed by atoms with E-state index in [4.69, 9.17) is 4.74 Å². The van der Waals surface area contributed by atoms with Crippen molar-refractivity contribution in [3.63, 3.8) is 0 Å². The van der Waals surface area contributed by atoms with Crippen molar-refractivity contribution in [1.82, 2.24) is 9.29 Å². The van der Waals surface area contributed by atoms with E-state index in [2.05, 4.69) is 10.0 Å². The van der Waals surface area contributed by atoms with Gasteiger partial charge in [-0.3, -0.25) is 4.79 Å². The fourth-order valence-electron chi connectivity index (χ4n) is 2.68. The maximum Gasteiger partial charge on any atom is 0.354 e. The third kappa shape index (κ3) is 5.20. The number of nitrogens with one attached hydrogen (secondary N) is 2. The minimum atomic E-state index is -3.85. The summed E-state index contributed by atoms with van der Waals surface area (Å²) in [5.74, 6) is -0.889. The first-order valence-corrected chi connectivity index (χ1v) is 10.3. The standard InChI is InChI=1S/C19H25N3O5S/c1-5-27-19(24)16-11-15(12-22(16)4)28(25,26)20-10-9-17(23)21-18-13(2)7-6-8-14(18)3/h6-8,11-12,20H,5,9-10H2,1-4H3,(H,21,23). The third-order valence-corrected chi connectivity index (χ3v) is 5.59. The first kappa shape index (κ1) is 21.6. The van der Waals surface area contributed by atoms with Gasteiger partial charge in [-0.2, -0.15) is 0 Å². The minimum Gasteiger partial charge on any atom is -0.461 e. The van der Waals surface area contributed by atoms with Crippen LogP contribution >= 0.6 is 0 Å². The fraction of sp³-hybridized carbons (Fsp3) is 0.368. The van der Waals surface area contributed by atoms with Crippen molar-refractivity contribution >= 4 is 27.6 Å². The topological polar surface area (TPSA) is 106 Å². The molecule has 0 spiro atoms. The summed E-state index contributed by atoms with van der Waals surface area (Å²) in [6, 6.07) is 6.93. The lowest BCUT2D eigenvalue weighted by atomic mass is 10.1. The number of hydrogen-bond acceptors (Lipinski definition) is 5. The lowest BCUT2D eigenvalue weighted by Crippen LogP contribution is -2.27. The van der Waals surface area contributed by atoms with Gasteiger partial charge in [0, 0.05) is 31.9 Å². The maximum absolute atomic E-state index is 12.4. The molecular formula is C19H25N3O5S. The fourth-order valence-corrected chi connectivity index (χ4v) is 3.79. The molecule has 0 radical (unpaired) electrons. The molecule has 1 aromatic heterocycles. The molecule has 9 heteroatoms. The number of benzene rings is 1. The van der Waals surface area contributed by atoms with Gasteiger partial charge in [0.15, 0.2) is 0 Å². The molecule has 0 unspecified atom stereocenters. The average molecular weight is 407 g/mol. The molecule has 8 nitrogen and oxygen atoms in total. The predicted molar refractivity (Wildman–Crippen MR) is 106 cm³/mol. The van der Waals surface area contributed by atoms with Gasteiger partial charge in [-0.15, -0.1) is 0 Å². The molecule has 2 N–H and O–H groups in total. The molecule has 0 saturated carbocycles. The van der Waals surface area contributed by atoms with Crippen LogP contribution in [0.1, 0.15) is 35.0 Å². The number of amides is 1. The maximum atomic E-state index is 12.4. The molecule has 1 amide bonds. The van der Waals surface area contributed by atoms with E-state index in [1.54, 1.807) is 14.0 Å². The SMILES string of the molecule is CCOC(=O)c1cc(S(=O)(=O)NCCC(=O)Nc2c(C)cccc2C)cn1C. The summed E-state index contributed by atoms with van der Waals surface area (Å²) in [4.78, 5) is 23.9. The summed E-state index contributed by atoms with van der Waals surface area (Å²) in [5, 5.41) is 2.81. The lowest BCUT2D eigenvalue weighted by Gasteiger charge is -2.11. The summed E-state index contributed by atoms with van der Waals surface area (Å²) in [6.07, 6.45) is 1.30. The first-order valence-electron chi connectivity index (χ1n) is 8.85. The number of sulfonamides is 1. The summed E-state index contributed by atoms with van der Waals surface area (Å²) >= 11 is 0. The molecular weight excluding hydrogens is 382 g/mol. The first-order chi connectivity index (χ1) is 13.2. The van der Waals surface area contributed by atoms with Gasteiger partial charge in [-0.05, 0) is 38.0 Å². The largest absolute Gasteiger partial charge is 0.461 e. The van der Waals surface area contributed by atoms with E-state index in [9.17, 15) is 18.0 Å². The zero-order valence-electron chi connectivity index (χ0n) is 16.4. The second kappa shape index (κ2) is 9.03. The Labute approximate surface area is 164 Å². The Bertz CT molecular complexity index is 959. The highest BCUT2D eigenvalue weighted by atomic mass is 32.2. The molecule has 152 valence electrons. The van der Waals surface area contributed by atoms with Crippen molar-refractivity contribution in [2.75, 3.05) is 18.5 Å². The molecule has 2 rings (SSSR count). The zero-order chi connectivity index (χ0) is 20.9. The second-order valence-electron chi connectivity index (χ2n) is 6.36. The molecule has 0 aliphatic rings. The molecule has 0 fully saturated rings. The summed E-state index contributed by atoms with van der Waals surface area (Å²) in [6.45, 7) is 5.58. The third-order valence-electron chi connectivity index (χ3n) is 4.16. The van der Waals surface area contributed by atoms with E-state index in [0.29, 0.717) is 0 Å². The Morgan fingerprint density at radius 3 is 2.43 bits per heavy atom. The van der Waals surface area contributed by atoms with Crippen LogP contribution < -0.4 is 10.0 Å². The van der Waals surface area contributed by atoms with Gasteiger partial charge in [0.2, 0.25) is 15.9 Å². The van der Waals surface area contributed by atoms with E-state index in [0.717, 1.165) is 16.8 Å². The van der Waals surface area contributed by atoms with Gasteiger partial charge in [0.1, 0.15) is 10.6 Å². The van der Waals surface area contributed by atoms with E-state index >= 15 is 0 Å². The van der Waals surface area contributed by atoms with Crippen LogP contribution in [-0.4, -0.2) is 38.0 Å². The van der Waals surface area contributed by atoms with Gasteiger partial charge >= 0.3 is 5.97 Å². The van der Waals surface area contributed by atoms with Crippen molar-refractivity contribution in [2.24, 2.45) is 7.05 Å². The number of aryl methyl sites for hydroxylation is 3. The van der Waals surface area contributed by atoms with Gasteiger partial charge in [-0.1, -0.05) is 18.2 Å². The van der Waals surface area contributed by atoms with Gasteiger partial charge < -0.3 is 14.6 Å². The number of para-hydroxylation sites is 1. The molecule has 1 aromatic carbocycles. The summed E-state index contributed by atoms with van der Waals surface area (Å²) < 4.78 is 33.5. The van der Waals surface area contributed by atoms with Crippen molar-refractivity contribution in [1.29, 1.82) is 0 Å². The summed E-state index contributed by atoms with van der Waals surface area (Å²) in [5.41, 5.74) is 2.74. The van der Waals surface area contributed by atoms with Crippen molar-refractivity contribution in [3.8, 4) is 0 Å². The number of anilines is 1. The highest BCUT2D eigenvalue weighted by Crippen LogP contribution is 2.19. The van der Waals surface area contributed by atoms with Crippen molar-refractivity contribution < 1.29 is 22.7 Å². The summed E-state index contributed by atoms with van der Waals surface area (Å²) in [7, 11) is -2.30. The van der Waals surface area contributed by atoms with E-state index in [-0.39, 0.29) is 36.1 Å². The molecule has 0 bridgehead atoms. The monoisotopic (exact) mass is 407 g/mol. The Morgan fingerprint density at radius 2 is 1.82 bits per heavy atom. The Kier molecular flexibility index (Phi) is 6.98. The van der Waals surface area contributed by atoms with Crippen LogP contribution in [0.25, 0.3) is 0 Å². The van der Waals surface area contributed by atoms with Crippen LogP contribution in [-0.2, 0) is 26.6 Å². The lowest BCUT2D eigenvalue weighted by molar-refractivity contribution is -0.116. The number of esters is 1. The Morgan fingerprint density at radius 1 is 1.18 bits per heavy atom. The molecule has 0 saturated heterocycles. The van der Waals surface area contributed by atoms with Crippen LogP contribution in [0.3, 0.4) is 0 Å². The molecule has 28 heavy (non-hydrogen) atoms. The van der Waals surface area contributed by atoms with E-state index in [1.165, 1.54) is 16.8 Å². The number of nitrogens with zero attached hydrogens (tertiary/aromatic N) is 1.